The van der Waals surface area contributed by atoms with Crippen LogP contribution >= 0.6 is 0 Å². The molecule has 3 aliphatic rings. The van der Waals surface area contributed by atoms with E-state index in [-0.39, 0.29) is 0 Å². The molecule has 3 fully saturated rings. The Morgan fingerprint density at radius 2 is 1.57 bits per heavy atom. The van der Waals surface area contributed by atoms with Gasteiger partial charge in [-0.1, -0.05) is 44.9 Å². The zero-order chi connectivity index (χ0) is 14.5. The van der Waals surface area contributed by atoms with Crippen LogP contribution < -0.4 is 10.6 Å². The summed E-state index contributed by atoms with van der Waals surface area (Å²) in [5, 5.41) is 7.18. The monoisotopic (exact) mass is 292 g/mol. The molecule has 0 aromatic heterocycles. The van der Waals surface area contributed by atoms with Gasteiger partial charge in [-0.25, -0.2) is 0 Å². The van der Waals surface area contributed by atoms with Crippen molar-refractivity contribution in [1.29, 1.82) is 0 Å². The van der Waals surface area contributed by atoms with Gasteiger partial charge in [0, 0.05) is 17.5 Å². The highest BCUT2D eigenvalue weighted by molar-refractivity contribution is 5.79. The van der Waals surface area contributed by atoms with E-state index >= 15 is 0 Å². The summed E-state index contributed by atoms with van der Waals surface area (Å²) in [5.74, 6) is 0.652. The summed E-state index contributed by atoms with van der Waals surface area (Å²) < 4.78 is 0. The van der Waals surface area contributed by atoms with E-state index in [1.165, 1.54) is 57.8 Å². The van der Waals surface area contributed by atoms with Crippen molar-refractivity contribution in [2.75, 3.05) is 6.54 Å². The topological polar surface area (TPSA) is 41.1 Å². The van der Waals surface area contributed by atoms with Gasteiger partial charge in [0.15, 0.2) is 0 Å². The van der Waals surface area contributed by atoms with Crippen molar-refractivity contribution in [2.24, 2.45) is 5.92 Å². The van der Waals surface area contributed by atoms with Crippen LogP contribution in [0.1, 0.15) is 83.5 Å². The van der Waals surface area contributed by atoms with Gasteiger partial charge in [0.1, 0.15) is 0 Å². The summed E-state index contributed by atoms with van der Waals surface area (Å²) >= 11 is 0. The third-order valence-corrected chi connectivity index (χ3v) is 6.01. The molecule has 2 aliphatic carbocycles. The molecule has 0 radical (unpaired) electrons. The van der Waals surface area contributed by atoms with Crippen LogP contribution in [0, 0.1) is 5.92 Å². The van der Waals surface area contributed by atoms with Crippen LogP contribution in [0.3, 0.4) is 0 Å². The standard InChI is InChI=1S/C18H32N2O/c21-17(15-8-4-1-2-5-9-15)20-16-10-13-19-18(14-16)11-6-3-7-12-18/h15-16,19H,1-14H2,(H,20,21). The van der Waals surface area contributed by atoms with Gasteiger partial charge >= 0.3 is 0 Å². The van der Waals surface area contributed by atoms with E-state index < -0.39 is 0 Å². The first-order chi connectivity index (χ1) is 10.3. The third-order valence-electron chi connectivity index (χ3n) is 6.01. The van der Waals surface area contributed by atoms with Crippen LogP contribution in [-0.2, 0) is 4.79 Å². The average Bonchev–Trinajstić information content (AvgIpc) is 2.77. The van der Waals surface area contributed by atoms with Gasteiger partial charge in [-0.15, -0.1) is 0 Å². The molecule has 21 heavy (non-hydrogen) atoms. The van der Waals surface area contributed by atoms with Crippen LogP contribution in [0.25, 0.3) is 0 Å². The van der Waals surface area contributed by atoms with Crippen LogP contribution in [0.2, 0.25) is 0 Å². The fourth-order valence-electron chi connectivity index (χ4n) is 4.75. The Morgan fingerprint density at radius 1 is 0.905 bits per heavy atom. The molecule has 0 bridgehead atoms. The quantitative estimate of drug-likeness (QED) is 0.765. The minimum atomic E-state index is 0.296. The maximum Gasteiger partial charge on any atom is 0.223 e. The van der Waals surface area contributed by atoms with Gasteiger partial charge in [-0.05, 0) is 45.1 Å². The Balaban J connectivity index is 1.52. The Morgan fingerprint density at radius 3 is 2.29 bits per heavy atom. The third kappa shape index (κ3) is 4.00. The highest BCUT2D eigenvalue weighted by Crippen LogP contribution is 2.35. The van der Waals surface area contributed by atoms with Gasteiger partial charge < -0.3 is 10.6 Å². The molecule has 1 saturated heterocycles. The lowest BCUT2D eigenvalue weighted by Gasteiger charge is -2.45. The molecular formula is C18H32N2O. The molecule has 2 saturated carbocycles. The molecular weight excluding hydrogens is 260 g/mol. The van der Waals surface area contributed by atoms with E-state index in [0.717, 1.165) is 32.2 Å². The Kier molecular flexibility index (Phi) is 5.20. The van der Waals surface area contributed by atoms with E-state index in [1.54, 1.807) is 0 Å². The normalized spacial score (nSPS) is 30.8. The van der Waals surface area contributed by atoms with Gasteiger partial charge in [0.2, 0.25) is 5.91 Å². The number of piperidine rings is 1. The molecule has 0 aromatic rings. The maximum absolute atomic E-state index is 12.6. The highest BCUT2D eigenvalue weighted by atomic mass is 16.1. The summed E-state index contributed by atoms with van der Waals surface area (Å²) in [6, 6.07) is 0.417. The molecule has 120 valence electrons. The zero-order valence-corrected chi connectivity index (χ0v) is 13.5. The van der Waals surface area contributed by atoms with Crippen molar-refractivity contribution in [3.63, 3.8) is 0 Å². The first-order valence-corrected chi connectivity index (χ1v) is 9.33. The first-order valence-electron chi connectivity index (χ1n) is 9.33. The fraction of sp³-hybridized carbons (Fsp3) is 0.944. The minimum absolute atomic E-state index is 0.296. The van der Waals surface area contributed by atoms with Crippen LogP contribution in [-0.4, -0.2) is 24.0 Å². The van der Waals surface area contributed by atoms with Crippen molar-refractivity contribution in [3.8, 4) is 0 Å². The number of hydrogen-bond acceptors (Lipinski definition) is 2. The lowest BCUT2D eigenvalue weighted by Crippen LogP contribution is -2.57. The highest BCUT2D eigenvalue weighted by Gasteiger charge is 2.37. The number of nitrogens with one attached hydrogen (secondary N) is 2. The summed E-state index contributed by atoms with van der Waals surface area (Å²) in [4.78, 5) is 12.6. The van der Waals surface area contributed by atoms with Gasteiger partial charge in [0.25, 0.3) is 0 Å². The summed E-state index contributed by atoms with van der Waals surface area (Å²) in [7, 11) is 0. The average molecular weight is 292 g/mol. The number of hydrogen-bond donors (Lipinski definition) is 2. The van der Waals surface area contributed by atoms with Crippen molar-refractivity contribution >= 4 is 5.91 Å². The Labute approximate surface area is 129 Å². The predicted molar refractivity (Wildman–Crippen MR) is 86.2 cm³/mol. The second-order valence-electron chi connectivity index (χ2n) is 7.65. The predicted octanol–water partition coefficient (Wildman–Crippen LogP) is 3.53. The summed E-state index contributed by atoms with van der Waals surface area (Å²) in [6.45, 7) is 1.08. The lowest BCUT2D eigenvalue weighted by molar-refractivity contribution is -0.126. The van der Waals surface area contributed by atoms with Crippen molar-refractivity contribution in [2.45, 2.75) is 95.1 Å². The summed E-state index contributed by atoms with van der Waals surface area (Å²) in [5.41, 5.74) is 0.345. The first kappa shape index (κ1) is 15.3. The van der Waals surface area contributed by atoms with E-state index in [2.05, 4.69) is 10.6 Å². The Bertz CT molecular complexity index is 336. The molecule has 1 heterocycles. The molecule has 1 aliphatic heterocycles. The largest absolute Gasteiger partial charge is 0.353 e. The molecule has 3 heteroatoms. The number of amides is 1. The zero-order valence-electron chi connectivity index (χ0n) is 13.5. The SMILES string of the molecule is O=C(NC1CCNC2(CCCCC2)C1)C1CCCCCC1. The van der Waals surface area contributed by atoms with Crippen LogP contribution in [0.15, 0.2) is 0 Å². The van der Waals surface area contributed by atoms with Crippen LogP contribution in [0.4, 0.5) is 0 Å². The molecule has 3 nitrogen and oxygen atoms in total. The Hall–Kier alpha value is -0.570. The van der Waals surface area contributed by atoms with Crippen molar-refractivity contribution in [1.82, 2.24) is 10.6 Å². The minimum Gasteiger partial charge on any atom is -0.353 e. The van der Waals surface area contributed by atoms with Gasteiger partial charge in [-0.3, -0.25) is 4.79 Å². The lowest BCUT2D eigenvalue weighted by atomic mass is 9.75. The number of carbonyl (C=O) groups excluding carboxylic acids is 1. The van der Waals surface area contributed by atoms with Crippen molar-refractivity contribution in [3.05, 3.63) is 0 Å². The van der Waals surface area contributed by atoms with E-state index in [0.29, 0.717) is 23.4 Å². The summed E-state index contributed by atoms with van der Waals surface area (Å²) in [6.07, 6.45) is 16.3. The molecule has 1 spiro atoms. The van der Waals surface area contributed by atoms with E-state index in [4.69, 9.17) is 0 Å². The second kappa shape index (κ2) is 7.13. The van der Waals surface area contributed by atoms with E-state index in [1.807, 2.05) is 0 Å². The molecule has 2 N–H and O–H groups in total. The molecule has 1 atom stereocenters. The number of rotatable bonds is 2. The van der Waals surface area contributed by atoms with E-state index in [9.17, 15) is 4.79 Å². The van der Waals surface area contributed by atoms with Crippen molar-refractivity contribution < 1.29 is 4.79 Å². The fourth-order valence-corrected chi connectivity index (χ4v) is 4.75. The van der Waals surface area contributed by atoms with Gasteiger partial charge in [0.05, 0.1) is 0 Å². The van der Waals surface area contributed by atoms with Gasteiger partial charge in [-0.2, -0.15) is 0 Å². The molecule has 3 rings (SSSR count). The maximum atomic E-state index is 12.6. The second-order valence-corrected chi connectivity index (χ2v) is 7.65. The van der Waals surface area contributed by atoms with Crippen LogP contribution in [0.5, 0.6) is 0 Å². The molecule has 1 unspecified atom stereocenters. The smallest absolute Gasteiger partial charge is 0.223 e. The number of carbonyl (C=O) groups is 1. The molecule has 1 amide bonds. The molecule has 0 aromatic carbocycles.